The van der Waals surface area contributed by atoms with E-state index in [1.807, 2.05) is 24.3 Å². The minimum atomic E-state index is -0.835. The summed E-state index contributed by atoms with van der Waals surface area (Å²) in [5, 5.41) is 10.2. The normalized spacial score (nSPS) is 23.5. The van der Waals surface area contributed by atoms with Crippen molar-refractivity contribution >= 4 is 29.4 Å². The number of imide groups is 1. The highest BCUT2D eigenvalue weighted by atomic mass is 35.5. The lowest BCUT2D eigenvalue weighted by Crippen LogP contribution is -2.35. The van der Waals surface area contributed by atoms with Crippen LogP contribution in [-0.2, 0) is 32.1 Å². The van der Waals surface area contributed by atoms with Crippen LogP contribution < -0.4 is 4.74 Å². The summed E-state index contributed by atoms with van der Waals surface area (Å²) in [5.41, 5.74) is 4.28. The molecule has 2 aromatic carbocycles. The monoisotopic (exact) mass is 568 g/mol. The Morgan fingerprint density at radius 2 is 1.75 bits per heavy atom. The second-order valence-electron chi connectivity index (χ2n) is 11.2. The van der Waals surface area contributed by atoms with Gasteiger partial charge in [0.05, 0.1) is 13.0 Å². The molecule has 2 fully saturated rings. The maximum atomic E-state index is 12.4. The van der Waals surface area contributed by atoms with Gasteiger partial charge in [-0.05, 0) is 79.3 Å². The quantitative estimate of drug-likeness (QED) is 0.377. The Labute approximate surface area is 240 Å². The molecule has 40 heavy (non-hydrogen) atoms. The van der Waals surface area contributed by atoms with E-state index in [0.717, 1.165) is 55.7 Å². The summed E-state index contributed by atoms with van der Waals surface area (Å²) in [6.07, 6.45) is 4.77. The molecule has 5 rings (SSSR count). The summed E-state index contributed by atoms with van der Waals surface area (Å²) in [5.74, 6) is -0.413. The number of nitrogens with zero attached hydrogens (tertiary/aromatic N) is 2. The first-order chi connectivity index (χ1) is 19.3. The van der Waals surface area contributed by atoms with Gasteiger partial charge in [-0.1, -0.05) is 29.8 Å². The van der Waals surface area contributed by atoms with Crippen molar-refractivity contribution in [2.75, 3.05) is 20.8 Å². The van der Waals surface area contributed by atoms with Gasteiger partial charge in [-0.2, -0.15) is 0 Å². The van der Waals surface area contributed by atoms with Gasteiger partial charge in [0, 0.05) is 49.7 Å². The summed E-state index contributed by atoms with van der Waals surface area (Å²) in [4.78, 5) is 40.0. The van der Waals surface area contributed by atoms with Gasteiger partial charge in [0.15, 0.2) is 6.23 Å². The van der Waals surface area contributed by atoms with Crippen molar-refractivity contribution in [2.24, 2.45) is 11.8 Å². The number of carbonyl (C=O) groups is 3. The zero-order valence-corrected chi connectivity index (χ0v) is 23.9. The van der Waals surface area contributed by atoms with E-state index in [-0.39, 0.29) is 36.6 Å². The number of hydrogen-bond donors (Lipinski definition) is 1. The SMILES string of the molecule is COc1cc(CN(C[C@H]2CC[C@H](C(=O)O)CC2)[C@H]2CCc3cc(Cl)ccc32)ccc1C(OC)N1C(=O)CCC1=O. The van der Waals surface area contributed by atoms with Crippen LogP contribution in [0.4, 0.5) is 0 Å². The smallest absolute Gasteiger partial charge is 0.306 e. The molecule has 3 aliphatic rings. The molecule has 1 heterocycles. The summed E-state index contributed by atoms with van der Waals surface area (Å²) in [6, 6.07) is 12.3. The molecule has 214 valence electrons. The van der Waals surface area contributed by atoms with E-state index in [4.69, 9.17) is 21.1 Å². The highest BCUT2D eigenvalue weighted by Gasteiger charge is 2.38. The standard InChI is InChI=1S/C31H37ClN2O6/c1-39-27-15-20(5-10-25(27)30(40-2)34-28(35)13-14-29(34)36)18-33(17-19-3-6-21(7-4-19)31(37)38)26-12-8-22-16-23(32)9-11-24(22)26/h5,9-11,15-16,19,21,26,30H,3-4,6-8,12-14,17-18H2,1-2H3,(H,37,38)/t19-,21-,26-,30?/m0/s1. The first-order valence-electron chi connectivity index (χ1n) is 14.1. The van der Waals surface area contributed by atoms with Gasteiger partial charge in [0.2, 0.25) is 11.8 Å². The van der Waals surface area contributed by atoms with Crippen molar-refractivity contribution < 1.29 is 29.0 Å². The number of carboxylic acid groups (broad SMARTS) is 1. The van der Waals surface area contributed by atoms with Crippen LogP contribution in [0.3, 0.4) is 0 Å². The molecule has 0 bridgehead atoms. The van der Waals surface area contributed by atoms with Gasteiger partial charge in [-0.15, -0.1) is 0 Å². The highest BCUT2D eigenvalue weighted by molar-refractivity contribution is 6.30. The van der Waals surface area contributed by atoms with Gasteiger partial charge in [0.25, 0.3) is 0 Å². The molecule has 0 aromatic heterocycles. The molecule has 9 heteroatoms. The van der Waals surface area contributed by atoms with Crippen LogP contribution in [0.5, 0.6) is 5.75 Å². The van der Waals surface area contributed by atoms with Crippen LogP contribution in [0.2, 0.25) is 5.02 Å². The van der Waals surface area contributed by atoms with Crippen LogP contribution in [-0.4, -0.2) is 53.5 Å². The third-order valence-corrected chi connectivity index (χ3v) is 9.01. The Kier molecular flexibility index (Phi) is 8.78. The van der Waals surface area contributed by atoms with E-state index in [2.05, 4.69) is 17.0 Å². The predicted molar refractivity (Wildman–Crippen MR) is 150 cm³/mol. The minimum absolute atomic E-state index is 0.191. The Morgan fingerprint density at radius 3 is 2.40 bits per heavy atom. The van der Waals surface area contributed by atoms with E-state index in [1.165, 1.54) is 23.1 Å². The van der Waals surface area contributed by atoms with E-state index in [9.17, 15) is 19.5 Å². The number of amides is 2. The Bertz CT molecular complexity index is 1260. The number of rotatable bonds is 10. The minimum Gasteiger partial charge on any atom is -0.496 e. The maximum absolute atomic E-state index is 12.4. The predicted octanol–water partition coefficient (Wildman–Crippen LogP) is 5.52. The number of aryl methyl sites for hydroxylation is 1. The molecule has 2 atom stereocenters. The van der Waals surface area contributed by atoms with E-state index in [1.54, 1.807) is 7.11 Å². The number of fused-ring (bicyclic) bond motifs is 1. The van der Waals surface area contributed by atoms with Crippen molar-refractivity contribution in [2.45, 2.75) is 70.2 Å². The van der Waals surface area contributed by atoms with Gasteiger partial charge in [-0.3, -0.25) is 24.2 Å². The Balaban J connectivity index is 1.40. The Hall–Kier alpha value is -2.94. The first kappa shape index (κ1) is 28.6. The number of hydrogen-bond acceptors (Lipinski definition) is 6. The zero-order valence-electron chi connectivity index (χ0n) is 23.1. The van der Waals surface area contributed by atoms with Crippen molar-refractivity contribution in [1.82, 2.24) is 9.80 Å². The lowest BCUT2D eigenvalue weighted by Gasteiger charge is -2.36. The number of ether oxygens (including phenoxy) is 2. The van der Waals surface area contributed by atoms with Gasteiger partial charge < -0.3 is 14.6 Å². The second-order valence-corrected chi connectivity index (χ2v) is 11.6. The van der Waals surface area contributed by atoms with Gasteiger partial charge >= 0.3 is 5.97 Å². The average molecular weight is 569 g/mol. The maximum Gasteiger partial charge on any atom is 0.306 e. The molecule has 1 saturated heterocycles. The van der Waals surface area contributed by atoms with Gasteiger partial charge in [0.1, 0.15) is 5.75 Å². The molecule has 0 spiro atoms. The summed E-state index contributed by atoms with van der Waals surface area (Å²) < 4.78 is 11.4. The van der Waals surface area contributed by atoms with Gasteiger partial charge in [-0.25, -0.2) is 0 Å². The zero-order chi connectivity index (χ0) is 28.4. The molecule has 1 N–H and O–H groups in total. The lowest BCUT2D eigenvalue weighted by atomic mass is 9.81. The molecule has 1 saturated carbocycles. The van der Waals surface area contributed by atoms with Crippen molar-refractivity contribution in [3.63, 3.8) is 0 Å². The molecule has 1 aliphatic heterocycles. The third-order valence-electron chi connectivity index (χ3n) is 8.78. The molecule has 1 unspecified atom stereocenters. The Morgan fingerprint density at radius 1 is 1.02 bits per heavy atom. The van der Waals surface area contributed by atoms with E-state index < -0.39 is 12.2 Å². The number of carbonyl (C=O) groups excluding carboxylic acids is 2. The fourth-order valence-electron chi connectivity index (χ4n) is 6.69. The number of likely N-dealkylation sites (tertiary alicyclic amines) is 1. The second kappa shape index (κ2) is 12.3. The van der Waals surface area contributed by atoms with E-state index >= 15 is 0 Å². The molecular weight excluding hydrogens is 532 g/mol. The first-order valence-corrected chi connectivity index (χ1v) is 14.5. The third kappa shape index (κ3) is 5.90. The molecule has 0 radical (unpaired) electrons. The molecular formula is C31H37ClN2O6. The fraction of sp³-hybridized carbons (Fsp3) is 0.516. The molecule has 2 aromatic rings. The topological polar surface area (TPSA) is 96.4 Å². The average Bonchev–Trinajstić information content (AvgIpc) is 3.52. The lowest BCUT2D eigenvalue weighted by molar-refractivity contribution is -0.152. The molecule has 2 amide bonds. The largest absolute Gasteiger partial charge is 0.496 e. The van der Waals surface area contributed by atoms with Crippen molar-refractivity contribution in [3.8, 4) is 5.75 Å². The highest BCUT2D eigenvalue weighted by Crippen LogP contribution is 2.41. The number of benzene rings is 2. The van der Waals surface area contributed by atoms with Crippen molar-refractivity contribution in [3.05, 3.63) is 63.7 Å². The van der Waals surface area contributed by atoms with Crippen LogP contribution >= 0.6 is 11.6 Å². The van der Waals surface area contributed by atoms with Crippen LogP contribution in [0, 0.1) is 11.8 Å². The summed E-state index contributed by atoms with van der Waals surface area (Å²) in [7, 11) is 3.07. The van der Waals surface area contributed by atoms with Crippen LogP contribution in [0.1, 0.15) is 79.5 Å². The molecule has 8 nitrogen and oxygen atoms in total. The number of carboxylic acids is 1. The number of halogens is 1. The fourth-order valence-corrected chi connectivity index (χ4v) is 6.88. The summed E-state index contributed by atoms with van der Waals surface area (Å²) in [6.45, 7) is 1.56. The number of methoxy groups -OCH3 is 2. The summed E-state index contributed by atoms with van der Waals surface area (Å²) >= 11 is 6.29. The van der Waals surface area contributed by atoms with Crippen LogP contribution in [0.25, 0.3) is 0 Å². The van der Waals surface area contributed by atoms with Crippen molar-refractivity contribution in [1.29, 1.82) is 0 Å². The molecule has 2 aliphatic carbocycles. The number of aliphatic carboxylic acids is 1. The van der Waals surface area contributed by atoms with E-state index in [0.29, 0.717) is 23.8 Å². The van der Waals surface area contributed by atoms with Crippen LogP contribution in [0.15, 0.2) is 36.4 Å².